The van der Waals surface area contributed by atoms with Gasteiger partial charge in [-0.05, 0) is 26.3 Å². The Morgan fingerprint density at radius 2 is 2.29 bits per heavy atom. The number of halogens is 2. The van der Waals surface area contributed by atoms with Crippen LogP contribution in [0, 0.1) is 5.92 Å². The monoisotopic (exact) mass is 207 g/mol. The minimum absolute atomic E-state index is 0.0611. The fourth-order valence-corrected chi connectivity index (χ4v) is 1.80. The summed E-state index contributed by atoms with van der Waals surface area (Å²) in [5.41, 5.74) is -1.08. The van der Waals surface area contributed by atoms with Gasteiger partial charge in [-0.25, -0.2) is 8.78 Å². The summed E-state index contributed by atoms with van der Waals surface area (Å²) in [5, 5.41) is 2.96. The number of nitrogens with one attached hydrogen (secondary N) is 1. The Morgan fingerprint density at radius 1 is 1.57 bits per heavy atom. The largest absolute Gasteiger partial charge is 0.381 e. The van der Waals surface area contributed by atoms with Crippen LogP contribution >= 0.6 is 0 Å². The highest BCUT2D eigenvalue weighted by Gasteiger charge is 2.43. The van der Waals surface area contributed by atoms with E-state index < -0.39 is 12.0 Å². The second-order valence-electron chi connectivity index (χ2n) is 4.07. The second-order valence-corrected chi connectivity index (χ2v) is 4.07. The molecule has 2 atom stereocenters. The fourth-order valence-electron chi connectivity index (χ4n) is 1.80. The lowest BCUT2D eigenvalue weighted by Gasteiger charge is -2.35. The van der Waals surface area contributed by atoms with Crippen LogP contribution in [0.25, 0.3) is 0 Å². The van der Waals surface area contributed by atoms with E-state index in [0.717, 1.165) is 12.8 Å². The number of ether oxygens (including phenoxy) is 1. The van der Waals surface area contributed by atoms with Gasteiger partial charge >= 0.3 is 0 Å². The highest BCUT2D eigenvalue weighted by molar-refractivity contribution is 4.94. The topological polar surface area (TPSA) is 21.3 Å². The smallest absolute Gasteiger partial charge is 0.256 e. The van der Waals surface area contributed by atoms with Crippen LogP contribution in [-0.4, -0.2) is 31.7 Å². The lowest BCUT2D eigenvalue weighted by atomic mass is 9.85. The van der Waals surface area contributed by atoms with Crippen molar-refractivity contribution in [1.29, 1.82) is 0 Å². The lowest BCUT2D eigenvalue weighted by molar-refractivity contribution is 0.000662. The third kappa shape index (κ3) is 2.42. The number of hydrogen-bond donors (Lipinski definition) is 1. The van der Waals surface area contributed by atoms with E-state index in [2.05, 4.69) is 5.32 Å². The molecule has 0 saturated carbocycles. The molecule has 2 unspecified atom stereocenters. The van der Waals surface area contributed by atoms with Crippen molar-refractivity contribution < 1.29 is 13.5 Å². The summed E-state index contributed by atoms with van der Waals surface area (Å²) in [4.78, 5) is 0. The van der Waals surface area contributed by atoms with Crippen LogP contribution in [0.1, 0.15) is 26.7 Å². The standard InChI is InChI=1S/C10H19F2NO/c1-3-5-13-10(2,9(11)12)8-4-6-14-7-8/h8-9,13H,3-7H2,1-2H3. The van der Waals surface area contributed by atoms with E-state index >= 15 is 0 Å². The van der Waals surface area contributed by atoms with Gasteiger partial charge in [0.05, 0.1) is 12.1 Å². The SMILES string of the molecule is CCCNC(C)(C(F)F)C1CCOC1. The molecule has 4 heteroatoms. The van der Waals surface area contributed by atoms with Gasteiger partial charge in [0.1, 0.15) is 0 Å². The quantitative estimate of drug-likeness (QED) is 0.745. The van der Waals surface area contributed by atoms with Crippen molar-refractivity contribution in [3.05, 3.63) is 0 Å². The van der Waals surface area contributed by atoms with Gasteiger partial charge in [0, 0.05) is 12.5 Å². The number of rotatable bonds is 5. The highest BCUT2D eigenvalue weighted by Crippen LogP contribution is 2.31. The zero-order valence-corrected chi connectivity index (χ0v) is 8.85. The van der Waals surface area contributed by atoms with Crippen LogP contribution in [-0.2, 0) is 4.74 Å². The molecule has 1 N–H and O–H groups in total. The van der Waals surface area contributed by atoms with E-state index in [1.54, 1.807) is 6.92 Å². The Balaban J connectivity index is 2.59. The minimum Gasteiger partial charge on any atom is -0.381 e. The molecule has 1 rings (SSSR count). The van der Waals surface area contributed by atoms with Crippen molar-refractivity contribution in [2.75, 3.05) is 19.8 Å². The molecule has 1 fully saturated rings. The van der Waals surface area contributed by atoms with Crippen LogP contribution in [0.5, 0.6) is 0 Å². The first-order valence-corrected chi connectivity index (χ1v) is 5.22. The van der Waals surface area contributed by atoms with Crippen LogP contribution in [0.3, 0.4) is 0 Å². The highest BCUT2D eigenvalue weighted by atomic mass is 19.3. The minimum atomic E-state index is -2.33. The molecule has 84 valence electrons. The molecule has 14 heavy (non-hydrogen) atoms. The first-order chi connectivity index (χ1) is 6.61. The van der Waals surface area contributed by atoms with E-state index in [-0.39, 0.29) is 5.92 Å². The third-order valence-corrected chi connectivity index (χ3v) is 2.99. The van der Waals surface area contributed by atoms with E-state index in [4.69, 9.17) is 4.74 Å². The van der Waals surface area contributed by atoms with E-state index in [1.165, 1.54) is 0 Å². The molecule has 0 aromatic rings. The average Bonchev–Trinajstić information content (AvgIpc) is 2.66. The van der Waals surface area contributed by atoms with Crippen LogP contribution in [0.4, 0.5) is 8.78 Å². The Morgan fingerprint density at radius 3 is 2.71 bits per heavy atom. The summed E-state index contributed by atoms with van der Waals surface area (Å²) < 4.78 is 31.0. The van der Waals surface area contributed by atoms with Crippen molar-refractivity contribution >= 4 is 0 Å². The van der Waals surface area contributed by atoms with Crippen molar-refractivity contribution in [2.24, 2.45) is 5.92 Å². The molecule has 0 spiro atoms. The summed E-state index contributed by atoms with van der Waals surface area (Å²) in [6, 6.07) is 0. The van der Waals surface area contributed by atoms with Gasteiger partial charge in [-0.15, -0.1) is 0 Å². The molecule has 1 saturated heterocycles. The van der Waals surface area contributed by atoms with Crippen molar-refractivity contribution in [1.82, 2.24) is 5.32 Å². The van der Waals surface area contributed by atoms with Crippen molar-refractivity contribution in [2.45, 2.75) is 38.7 Å². The molecule has 0 amide bonds. The molecule has 2 nitrogen and oxygen atoms in total. The number of hydrogen-bond acceptors (Lipinski definition) is 2. The molecular weight excluding hydrogens is 188 g/mol. The van der Waals surface area contributed by atoms with Crippen molar-refractivity contribution in [3.63, 3.8) is 0 Å². The van der Waals surface area contributed by atoms with Gasteiger partial charge in [0.2, 0.25) is 0 Å². The third-order valence-electron chi connectivity index (χ3n) is 2.99. The van der Waals surface area contributed by atoms with Gasteiger partial charge in [-0.3, -0.25) is 0 Å². The Bertz CT molecular complexity index is 172. The maximum Gasteiger partial charge on any atom is 0.256 e. The molecule has 0 bridgehead atoms. The first kappa shape index (κ1) is 11.9. The van der Waals surface area contributed by atoms with Crippen LogP contribution in [0.2, 0.25) is 0 Å². The summed E-state index contributed by atoms with van der Waals surface area (Å²) >= 11 is 0. The lowest BCUT2D eigenvalue weighted by Crippen LogP contribution is -2.55. The molecule has 1 heterocycles. The maximum atomic E-state index is 12.9. The Labute approximate surface area is 84.0 Å². The zero-order chi connectivity index (χ0) is 10.6. The normalized spacial score (nSPS) is 26.8. The first-order valence-electron chi connectivity index (χ1n) is 5.22. The number of alkyl halides is 2. The molecular formula is C10H19F2NO. The van der Waals surface area contributed by atoms with Gasteiger partial charge in [-0.2, -0.15) is 0 Å². The Hall–Kier alpha value is -0.220. The summed E-state index contributed by atoms with van der Waals surface area (Å²) in [6.07, 6.45) is -0.728. The Kier molecular flexibility index (Phi) is 4.26. The van der Waals surface area contributed by atoms with E-state index in [0.29, 0.717) is 19.8 Å². The zero-order valence-electron chi connectivity index (χ0n) is 8.85. The van der Waals surface area contributed by atoms with Crippen LogP contribution in [0.15, 0.2) is 0 Å². The molecule has 0 radical (unpaired) electrons. The molecule has 0 aromatic heterocycles. The molecule has 1 aliphatic heterocycles. The fraction of sp³-hybridized carbons (Fsp3) is 1.00. The van der Waals surface area contributed by atoms with E-state index in [9.17, 15) is 8.78 Å². The van der Waals surface area contributed by atoms with E-state index in [1.807, 2.05) is 6.92 Å². The molecule has 1 aliphatic rings. The summed E-state index contributed by atoms with van der Waals surface area (Å²) in [7, 11) is 0. The predicted molar refractivity (Wildman–Crippen MR) is 51.6 cm³/mol. The summed E-state index contributed by atoms with van der Waals surface area (Å²) in [6.45, 7) is 5.28. The maximum absolute atomic E-state index is 12.9. The summed E-state index contributed by atoms with van der Waals surface area (Å²) in [5.74, 6) is -0.0611. The molecule has 0 aliphatic carbocycles. The molecule has 0 aromatic carbocycles. The van der Waals surface area contributed by atoms with Gasteiger partial charge < -0.3 is 10.1 Å². The van der Waals surface area contributed by atoms with Gasteiger partial charge in [0.25, 0.3) is 6.43 Å². The van der Waals surface area contributed by atoms with Gasteiger partial charge in [-0.1, -0.05) is 6.92 Å². The van der Waals surface area contributed by atoms with Crippen molar-refractivity contribution in [3.8, 4) is 0 Å². The average molecular weight is 207 g/mol. The van der Waals surface area contributed by atoms with Gasteiger partial charge in [0.15, 0.2) is 0 Å². The predicted octanol–water partition coefficient (Wildman–Crippen LogP) is 2.05. The van der Waals surface area contributed by atoms with Crippen LogP contribution < -0.4 is 5.32 Å². The second kappa shape index (κ2) is 5.03.